The molecule has 2 rings (SSSR count). The third kappa shape index (κ3) is 4.16. The summed E-state index contributed by atoms with van der Waals surface area (Å²) in [6.45, 7) is 6.11. The molecule has 2 aromatic rings. The van der Waals surface area contributed by atoms with E-state index in [1.54, 1.807) is 13.1 Å². The Morgan fingerprint density at radius 1 is 1.35 bits per heavy atom. The van der Waals surface area contributed by atoms with E-state index in [2.05, 4.69) is 10.4 Å². The summed E-state index contributed by atoms with van der Waals surface area (Å²) in [7, 11) is 1.71. The summed E-state index contributed by atoms with van der Waals surface area (Å²) in [5.41, 5.74) is 1.65. The SMILES string of the molecule is Cn1nc(C(C)(C)C)cc1C(=O)NCC(O)c1ccc(F)cc1. The molecule has 0 saturated carbocycles. The van der Waals surface area contributed by atoms with Gasteiger partial charge in [0.1, 0.15) is 11.5 Å². The molecule has 6 heteroatoms. The Balaban J connectivity index is 2.02. The molecule has 0 saturated heterocycles. The van der Waals surface area contributed by atoms with Crippen molar-refractivity contribution >= 4 is 5.91 Å². The van der Waals surface area contributed by atoms with E-state index in [0.29, 0.717) is 11.3 Å². The van der Waals surface area contributed by atoms with Crippen molar-refractivity contribution in [3.63, 3.8) is 0 Å². The van der Waals surface area contributed by atoms with Crippen LogP contribution in [0, 0.1) is 5.82 Å². The smallest absolute Gasteiger partial charge is 0.269 e. The Bertz CT molecular complexity index is 687. The van der Waals surface area contributed by atoms with Crippen LogP contribution in [0.3, 0.4) is 0 Å². The van der Waals surface area contributed by atoms with Gasteiger partial charge in [0, 0.05) is 19.0 Å². The highest BCUT2D eigenvalue weighted by molar-refractivity contribution is 5.92. The van der Waals surface area contributed by atoms with Crippen molar-refractivity contribution in [1.29, 1.82) is 0 Å². The Morgan fingerprint density at radius 3 is 2.48 bits per heavy atom. The van der Waals surface area contributed by atoms with Crippen LogP contribution in [0.4, 0.5) is 4.39 Å². The first kappa shape index (κ1) is 17.1. The van der Waals surface area contributed by atoms with E-state index >= 15 is 0 Å². The molecule has 0 radical (unpaired) electrons. The summed E-state index contributed by atoms with van der Waals surface area (Å²) < 4.78 is 14.4. The molecule has 1 atom stereocenters. The lowest BCUT2D eigenvalue weighted by atomic mass is 9.92. The summed E-state index contributed by atoms with van der Waals surface area (Å²) in [5.74, 6) is -0.675. The summed E-state index contributed by atoms with van der Waals surface area (Å²) in [6.07, 6.45) is -0.894. The number of aliphatic hydroxyl groups is 1. The van der Waals surface area contributed by atoms with Gasteiger partial charge in [0.25, 0.3) is 5.91 Å². The molecule has 0 aliphatic heterocycles. The third-order valence-corrected chi connectivity index (χ3v) is 3.59. The maximum absolute atomic E-state index is 12.9. The number of carbonyl (C=O) groups is 1. The van der Waals surface area contributed by atoms with Gasteiger partial charge in [-0.25, -0.2) is 4.39 Å². The summed E-state index contributed by atoms with van der Waals surface area (Å²) in [4.78, 5) is 12.3. The molecule has 1 unspecified atom stereocenters. The van der Waals surface area contributed by atoms with Gasteiger partial charge >= 0.3 is 0 Å². The van der Waals surface area contributed by atoms with Crippen molar-refractivity contribution in [2.75, 3.05) is 6.54 Å². The van der Waals surface area contributed by atoms with Crippen LogP contribution < -0.4 is 5.32 Å². The first-order valence-corrected chi connectivity index (χ1v) is 7.44. The Kier molecular flexibility index (Phi) is 4.85. The van der Waals surface area contributed by atoms with Crippen LogP contribution in [-0.4, -0.2) is 27.3 Å². The van der Waals surface area contributed by atoms with E-state index < -0.39 is 6.10 Å². The van der Waals surface area contributed by atoms with Gasteiger partial charge in [-0.3, -0.25) is 9.48 Å². The van der Waals surface area contributed by atoms with E-state index in [0.717, 1.165) is 5.69 Å². The summed E-state index contributed by atoms with van der Waals surface area (Å²) in [6, 6.07) is 7.29. The lowest BCUT2D eigenvalue weighted by molar-refractivity contribution is 0.0907. The second-order valence-electron chi connectivity index (χ2n) is 6.57. The van der Waals surface area contributed by atoms with Gasteiger partial charge < -0.3 is 10.4 Å². The molecule has 0 spiro atoms. The fourth-order valence-electron chi connectivity index (χ4n) is 2.13. The first-order chi connectivity index (χ1) is 10.7. The van der Waals surface area contributed by atoms with Crippen molar-refractivity contribution in [1.82, 2.24) is 15.1 Å². The van der Waals surface area contributed by atoms with Gasteiger partial charge in [-0.2, -0.15) is 5.10 Å². The van der Waals surface area contributed by atoms with Crippen LogP contribution in [0.25, 0.3) is 0 Å². The number of aliphatic hydroxyl groups excluding tert-OH is 1. The number of aromatic nitrogens is 2. The van der Waals surface area contributed by atoms with Crippen LogP contribution in [-0.2, 0) is 12.5 Å². The van der Waals surface area contributed by atoms with Crippen LogP contribution in [0.5, 0.6) is 0 Å². The number of carbonyl (C=O) groups excluding carboxylic acids is 1. The molecular weight excluding hydrogens is 297 g/mol. The summed E-state index contributed by atoms with van der Waals surface area (Å²) >= 11 is 0. The highest BCUT2D eigenvalue weighted by atomic mass is 19.1. The molecule has 0 bridgehead atoms. The minimum absolute atomic E-state index is 0.0422. The molecule has 1 amide bonds. The van der Waals surface area contributed by atoms with Crippen LogP contribution in [0.2, 0.25) is 0 Å². The van der Waals surface area contributed by atoms with E-state index in [4.69, 9.17) is 0 Å². The first-order valence-electron chi connectivity index (χ1n) is 7.44. The Morgan fingerprint density at radius 2 is 1.96 bits per heavy atom. The van der Waals surface area contributed by atoms with E-state index in [1.807, 2.05) is 20.8 Å². The van der Waals surface area contributed by atoms with Crippen molar-refractivity contribution in [2.24, 2.45) is 7.05 Å². The fourth-order valence-corrected chi connectivity index (χ4v) is 2.13. The van der Waals surface area contributed by atoms with Gasteiger partial charge in [0.2, 0.25) is 0 Å². The number of nitrogens with one attached hydrogen (secondary N) is 1. The van der Waals surface area contributed by atoms with Crippen molar-refractivity contribution in [3.05, 3.63) is 53.1 Å². The number of aryl methyl sites for hydroxylation is 1. The van der Waals surface area contributed by atoms with Crippen molar-refractivity contribution in [2.45, 2.75) is 32.3 Å². The maximum atomic E-state index is 12.9. The Hall–Kier alpha value is -2.21. The average molecular weight is 319 g/mol. The highest BCUT2D eigenvalue weighted by Crippen LogP contribution is 2.21. The molecule has 2 N–H and O–H groups in total. The zero-order valence-corrected chi connectivity index (χ0v) is 13.8. The highest BCUT2D eigenvalue weighted by Gasteiger charge is 2.22. The molecule has 0 aliphatic rings. The number of hydrogen-bond donors (Lipinski definition) is 2. The zero-order valence-electron chi connectivity index (χ0n) is 13.8. The van der Waals surface area contributed by atoms with E-state index in [1.165, 1.54) is 28.9 Å². The lowest BCUT2D eigenvalue weighted by Crippen LogP contribution is -2.29. The van der Waals surface area contributed by atoms with Gasteiger partial charge in [-0.1, -0.05) is 32.9 Å². The minimum atomic E-state index is -0.894. The number of amides is 1. The third-order valence-electron chi connectivity index (χ3n) is 3.59. The predicted molar refractivity (Wildman–Crippen MR) is 85.6 cm³/mol. The van der Waals surface area contributed by atoms with Gasteiger partial charge in [0.15, 0.2) is 0 Å². The fraction of sp³-hybridized carbons (Fsp3) is 0.412. The number of rotatable bonds is 4. The lowest BCUT2D eigenvalue weighted by Gasteiger charge is -2.13. The molecule has 0 aliphatic carbocycles. The molecule has 1 aromatic carbocycles. The van der Waals surface area contributed by atoms with E-state index in [9.17, 15) is 14.3 Å². The monoisotopic (exact) mass is 319 g/mol. The van der Waals surface area contributed by atoms with Crippen LogP contribution in [0.15, 0.2) is 30.3 Å². The van der Waals surface area contributed by atoms with Crippen molar-refractivity contribution < 1.29 is 14.3 Å². The normalized spacial score (nSPS) is 13.0. The number of halogens is 1. The molecule has 1 heterocycles. The standard InChI is InChI=1S/C17H22FN3O2/c1-17(2,3)15-9-13(21(4)20-15)16(23)19-10-14(22)11-5-7-12(18)8-6-11/h5-9,14,22H,10H2,1-4H3,(H,19,23). The zero-order chi connectivity index (χ0) is 17.2. The topological polar surface area (TPSA) is 67.2 Å². The average Bonchev–Trinajstić information content (AvgIpc) is 2.87. The largest absolute Gasteiger partial charge is 0.387 e. The Labute approximate surface area is 135 Å². The molecule has 5 nitrogen and oxygen atoms in total. The van der Waals surface area contributed by atoms with Crippen LogP contribution >= 0.6 is 0 Å². The van der Waals surface area contributed by atoms with E-state index in [-0.39, 0.29) is 23.7 Å². The number of benzene rings is 1. The number of hydrogen-bond acceptors (Lipinski definition) is 3. The van der Waals surface area contributed by atoms with Crippen LogP contribution in [0.1, 0.15) is 48.6 Å². The summed E-state index contributed by atoms with van der Waals surface area (Å²) in [5, 5.41) is 17.1. The second-order valence-corrected chi connectivity index (χ2v) is 6.57. The predicted octanol–water partition coefficient (Wildman–Crippen LogP) is 2.32. The quantitative estimate of drug-likeness (QED) is 0.909. The molecule has 0 fully saturated rings. The maximum Gasteiger partial charge on any atom is 0.269 e. The van der Waals surface area contributed by atoms with Gasteiger partial charge in [-0.15, -0.1) is 0 Å². The number of nitrogens with zero attached hydrogens (tertiary/aromatic N) is 2. The second kappa shape index (κ2) is 6.50. The van der Waals surface area contributed by atoms with Gasteiger partial charge in [0.05, 0.1) is 11.8 Å². The molecular formula is C17H22FN3O2. The molecule has 1 aromatic heterocycles. The van der Waals surface area contributed by atoms with Crippen molar-refractivity contribution in [3.8, 4) is 0 Å². The minimum Gasteiger partial charge on any atom is -0.387 e. The molecule has 124 valence electrons. The van der Waals surface area contributed by atoms with Gasteiger partial charge in [-0.05, 0) is 23.8 Å². The molecule has 23 heavy (non-hydrogen) atoms.